The molecule has 0 aliphatic heterocycles. The minimum absolute atomic E-state index is 1.15. The number of para-hydroxylation sites is 2. The number of fused-ring (bicyclic) bond motifs is 3. The summed E-state index contributed by atoms with van der Waals surface area (Å²) in [6.07, 6.45) is 0. The van der Waals surface area contributed by atoms with E-state index < -0.39 is 0 Å². The molecule has 1 heterocycles. The van der Waals surface area contributed by atoms with Crippen LogP contribution in [0.4, 0.5) is 17.1 Å². The first kappa shape index (κ1) is 18.9. The zero-order chi connectivity index (χ0) is 21.3. The van der Waals surface area contributed by atoms with E-state index in [2.05, 4.69) is 132 Å². The molecule has 0 saturated carbocycles. The maximum absolute atomic E-state index is 2.32. The predicted octanol–water partition coefficient (Wildman–Crippen LogP) is 9.19. The van der Waals surface area contributed by atoms with Gasteiger partial charge in [0.25, 0.3) is 0 Å². The van der Waals surface area contributed by atoms with Crippen LogP contribution < -0.4 is 4.90 Å². The van der Waals surface area contributed by atoms with Crippen molar-refractivity contribution >= 4 is 48.6 Å². The molecule has 0 fully saturated rings. The summed E-state index contributed by atoms with van der Waals surface area (Å²) in [6, 6.07) is 45.4. The predicted molar refractivity (Wildman–Crippen MR) is 139 cm³/mol. The summed E-state index contributed by atoms with van der Waals surface area (Å²) in [5.41, 5.74) is 5.93. The molecule has 6 rings (SSSR count). The monoisotopic (exact) mass is 427 g/mol. The van der Waals surface area contributed by atoms with Crippen LogP contribution in [0.15, 0.2) is 127 Å². The Bertz CT molecular complexity index is 1460. The van der Waals surface area contributed by atoms with E-state index in [1.165, 1.54) is 31.3 Å². The maximum atomic E-state index is 2.32. The van der Waals surface area contributed by atoms with Gasteiger partial charge in [0.1, 0.15) is 0 Å². The van der Waals surface area contributed by atoms with Crippen molar-refractivity contribution in [3.63, 3.8) is 0 Å². The fraction of sp³-hybridized carbons (Fsp3) is 0. The number of thiophene rings is 1. The van der Waals surface area contributed by atoms with Crippen LogP contribution in [0.25, 0.3) is 31.3 Å². The summed E-state index contributed by atoms with van der Waals surface area (Å²) in [5, 5.41) is 2.68. The van der Waals surface area contributed by atoms with Gasteiger partial charge in [-0.1, -0.05) is 78.9 Å². The molecular weight excluding hydrogens is 406 g/mol. The smallest absolute Gasteiger partial charge is 0.0462 e. The van der Waals surface area contributed by atoms with Crippen molar-refractivity contribution in [2.24, 2.45) is 0 Å². The quantitative estimate of drug-likeness (QED) is 0.271. The molecule has 0 unspecified atom stereocenters. The summed E-state index contributed by atoms with van der Waals surface area (Å²) in [7, 11) is 0. The standard InChI is InChI=1S/C30H21NS/c1-3-9-24(10-4-1)31(25-11-5-2-6-12-25)26-18-15-22(16-19-26)23-17-20-28-27-13-7-8-14-29(27)32-30(28)21-23/h1-21H. The molecule has 5 aromatic carbocycles. The third-order valence-corrected chi connectivity index (χ3v) is 7.00. The van der Waals surface area contributed by atoms with Crippen molar-refractivity contribution in [1.29, 1.82) is 0 Å². The number of rotatable bonds is 4. The Morgan fingerprint density at radius 1 is 0.406 bits per heavy atom. The molecule has 0 N–H and O–H groups in total. The van der Waals surface area contributed by atoms with Crippen LogP contribution in [-0.2, 0) is 0 Å². The number of hydrogen-bond donors (Lipinski definition) is 0. The van der Waals surface area contributed by atoms with Crippen LogP contribution in [0, 0.1) is 0 Å². The third kappa shape index (κ3) is 3.35. The molecular formula is C30H21NS. The van der Waals surface area contributed by atoms with Gasteiger partial charge in [-0.2, -0.15) is 0 Å². The van der Waals surface area contributed by atoms with Gasteiger partial charge in [-0.25, -0.2) is 0 Å². The van der Waals surface area contributed by atoms with Gasteiger partial charge in [0, 0.05) is 37.2 Å². The van der Waals surface area contributed by atoms with E-state index in [4.69, 9.17) is 0 Å². The maximum Gasteiger partial charge on any atom is 0.0462 e. The molecule has 0 bridgehead atoms. The van der Waals surface area contributed by atoms with Crippen molar-refractivity contribution in [1.82, 2.24) is 0 Å². The number of anilines is 3. The van der Waals surface area contributed by atoms with E-state index in [0.29, 0.717) is 0 Å². The molecule has 0 aliphatic carbocycles. The zero-order valence-corrected chi connectivity index (χ0v) is 18.3. The Kier molecular flexibility index (Phi) is 4.71. The fourth-order valence-electron chi connectivity index (χ4n) is 4.31. The number of nitrogens with zero attached hydrogens (tertiary/aromatic N) is 1. The average Bonchev–Trinajstić information content (AvgIpc) is 3.24. The van der Waals surface area contributed by atoms with Crippen molar-refractivity contribution in [2.75, 3.05) is 4.90 Å². The highest BCUT2D eigenvalue weighted by atomic mass is 32.1. The van der Waals surface area contributed by atoms with E-state index in [-0.39, 0.29) is 0 Å². The van der Waals surface area contributed by atoms with Gasteiger partial charge in [-0.15, -0.1) is 11.3 Å². The third-order valence-electron chi connectivity index (χ3n) is 5.87. The molecule has 0 aliphatic rings. The van der Waals surface area contributed by atoms with E-state index in [0.717, 1.165) is 17.1 Å². The number of benzene rings is 5. The lowest BCUT2D eigenvalue weighted by Gasteiger charge is -2.25. The van der Waals surface area contributed by atoms with Gasteiger partial charge < -0.3 is 4.90 Å². The Hall–Kier alpha value is -3.88. The second-order valence-corrected chi connectivity index (χ2v) is 8.95. The molecule has 152 valence electrons. The first-order chi connectivity index (χ1) is 15.9. The topological polar surface area (TPSA) is 3.24 Å². The van der Waals surface area contributed by atoms with Crippen molar-refractivity contribution in [3.05, 3.63) is 127 Å². The second kappa shape index (κ2) is 7.99. The van der Waals surface area contributed by atoms with Crippen LogP contribution in [0.3, 0.4) is 0 Å². The Labute approximate surface area is 191 Å². The van der Waals surface area contributed by atoms with Gasteiger partial charge in [0.15, 0.2) is 0 Å². The van der Waals surface area contributed by atoms with Crippen LogP contribution in [0.2, 0.25) is 0 Å². The lowest BCUT2D eigenvalue weighted by molar-refractivity contribution is 1.28. The van der Waals surface area contributed by atoms with Crippen molar-refractivity contribution < 1.29 is 0 Å². The zero-order valence-electron chi connectivity index (χ0n) is 17.5. The van der Waals surface area contributed by atoms with Gasteiger partial charge in [-0.3, -0.25) is 0 Å². The second-order valence-electron chi connectivity index (χ2n) is 7.86. The molecule has 32 heavy (non-hydrogen) atoms. The summed E-state index contributed by atoms with van der Waals surface area (Å²) in [5.74, 6) is 0. The molecule has 1 nitrogen and oxygen atoms in total. The lowest BCUT2D eigenvalue weighted by atomic mass is 10.0. The summed E-state index contributed by atoms with van der Waals surface area (Å²) >= 11 is 1.86. The summed E-state index contributed by atoms with van der Waals surface area (Å²) < 4.78 is 2.68. The van der Waals surface area contributed by atoms with Crippen LogP contribution in [0.1, 0.15) is 0 Å². The molecule has 6 aromatic rings. The molecule has 0 spiro atoms. The molecule has 0 atom stereocenters. The highest BCUT2D eigenvalue weighted by molar-refractivity contribution is 7.25. The van der Waals surface area contributed by atoms with Gasteiger partial charge in [-0.05, 0) is 59.7 Å². The molecule has 0 radical (unpaired) electrons. The van der Waals surface area contributed by atoms with Crippen molar-refractivity contribution in [3.8, 4) is 11.1 Å². The molecule has 0 amide bonds. The van der Waals surface area contributed by atoms with E-state index in [9.17, 15) is 0 Å². The van der Waals surface area contributed by atoms with Crippen LogP contribution in [0.5, 0.6) is 0 Å². The summed E-state index contributed by atoms with van der Waals surface area (Å²) in [6.45, 7) is 0. The SMILES string of the molecule is c1ccc(N(c2ccccc2)c2ccc(-c3ccc4c(c3)sc3ccccc34)cc2)cc1. The first-order valence-electron chi connectivity index (χ1n) is 10.8. The Morgan fingerprint density at radius 2 is 0.938 bits per heavy atom. The normalized spacial score (nSPS) is 11.1. The van der Waals surface area contributed by atoms with E-state index >= 15 is 0 Å². The van der Waals surface area contributed by atoms with E-state index in [1.54, 1.807) is 0 Å². The fourth-order valence-corrected chi connectivity index (χ4v) is 5.46. The first-order valence-corrected chi connectivity index (χ1v) is 11.6. The van der Waals surface area contributed by atoms with Crippen LogP contribution in [-0.4, -0.2) is 0 Å². The van der Waals surface area contributed by atoms with Gasteiger partial charge in [0.05, 0.1) is 0 Å². The van der Waals surface area contributed by atoms with Crippen LogP contribution >= 0.6 is 11.3 Å². The minimum Gasteiger partial charge on any atom is -0.311 e. The minimum atomic E-state index is 1.15. The molecule has 2 heteroatoms. The largest absolute Gasteiger partial charge is 0.311 e. The van der Waals surface area contributed by atoms with Gasteiger partial charge in [0.2, 0.25) is 0 Å². The number of hydrogen-bond acceptors (Lipinski definition) is 2. The summed E-state index contributed by atoms with van der Waals surface area (Å²) in [4.78, 5) is 2.29. The highest BCUT2D eigenvalue weighted by Gasteiger charge is 2.12. The Balaban J connectivity index is 1.40. The molecule has 0 saturated heterocycles. The highest BCUT2D eigenvalue weighted by Crippen LogP contribution is 2.38. The van der Waals surface area contributed by atoms with E-state index in [1.807, 2.05) is 11.3 Å². The lowest BCUT2D eigenvalue weighted by Crippen LogP contribution is -2.09. The molecule has 1 aromatic heterocycles. The average molecular weight is 428 g/mol. The van der Waals surface area contributed by atoms with Gasteiger partial charge >= 0.3 is 0 Å². The Morgan fingerprint density at radius 3 is 1.62 bits per heavy atom. The van der Waals surface area contributed by atoms with Crippen molar-refractivity contribution in [2.45, 2.75) is 0 Å².